The topological polar surface area (TPSA) is 71.5 Å². The van der Waals surface area contributed by atoms with Gasteiger partial charge >= 0.3 is 0 Å². The van der Waals surface area contributed by atoms with Crippen molar-refractivity contribution in [1.82, 2.24) is 4.90 Å². The molecular formula is C28H30N2O5. The molecule has 1 amide bonds. The maximum Gasteiger partial charge on any atom is 0.265 e. The summed E-state index contributed by atoms with van der Waals surface area (Å²) in [7, 11) is 0. The van der Waals surface area contributed by atoms with E-state index in [1.54, 1.807) is 4.90 Å². The maximum absolute atomic E-state index is 13.1. The minimum atomic E-state index is -0.742. The first-order chi connectivity index (χ1) is 17.2. The Bertz CT molecular complexity index is 1120. The summed E-state index contributed by atoms with van der Waals surface area (Å²) >= 11 is 0. The van der Waals surface area contributed by atoms with Crippen LogP contribution in [0.2, 0.25) is 0 Å². The number of ether oxygens (including phenoxy) is 3. The standard InChI is InChI=1S/C28H30N2O5/c31-23(20-34-24-12-10-22(11-13-24)21-6-2-1-3-7-21)18-30-19-27(28(32)29-14-16-33-17-15-29)35-26-9-5-4-8-25(26)30/h1-13,23,27,31H,14-20H2. The van der Waals surface area contributed by atoms with E-state index >= 15 is 0 Å². The van der Waals surface area contributed by atoms with E-state index in [1.165, 1.54) is 0 Å². The lowest BCUT2D eigenvalue weighted by Gasteiger charge is -2.39. The molecular weight excluding hydrogens is 444 g/mol. The number of rotatable bonds is 7. The first-order valence-electron chi connectivity index (χ1n) is 12.0. The highest BCUT2D eigenvalue weighted by molar-refractivity contribution is 5.83. The number of aliphatic hydroxyl groups excluding tert-OH is 1. The first-order valence-corrected chi connectivity index (χ1v) is 12.0. The molecule has 0 bridgehead atoms. The van der Waals surface area contributed by atoms with Crippen molar-refractivity contribution in [2.24, 2.45) is 0 Å². The van der Waals surface area contributed by atoms with Crippen molar-refractivity contribution in [2.75, 3.05) is 50.9 Å². The molecule has 2 heterocycles. The molecule has 2 aliphatic rings. The fourth-order valence-electron chi connectivity index (χ4n) is 4.47. The average Bonchev–Trinajstić information content (AvgIpc) is 2.92. The van der Waals surface area contributed by atoms with Crippen LogP contribution in [0.15, 0.2) is 78.9 Å². The highest BCUT2D eigenvalue weighted by Gasteiger charge is 2.34. The van der Waals surface area contributed by atoms with Crippen molar-refractivity contribution in [3.05, 3.63) is 78.9 Å². The Labute approximate surface area is 205 Å². The summed E-state index contributed by atoms with van der Waals surface area (Å²) in [6.45, 7) is 3.07. The van der Waals surface area contributed by atoms with Crippen molar-refractivity contribution in [2.45, 2.75) is 12.2 Å². The lowest BCUT2D eigenvalue weighted by atomic mass is 10.1. The maximum atomic E-state index is 13.1. The van der Waals surface area contributed by atoms with Crippen molar-refractivity contribution < 1.29 is 24.1 Å². The van der Waals surface area contributed by atoms with Gasteiger partial charge in [-0.25, -0.2) is 0 Å². The molecule has 2 aliphatic heterocycles. The number of carbonyl (C=O) groups excluding carboxylic acids is 1. The fraction of sp³-hybridized carbons (Fsp3) is 0.321. The molecule has 2 atom stereocenters. The number of aliphatic hydroxyl groups is 1. The minimum Gasteiger partial charge on any atom is -0.491 e. The Kier molecular flexibility index (Phi) is 7.16. The number of hydrogen-bond acceptors (Lipinski definition) is 6. The van der Waals surface area contributed by atoms with Gasteiger partial charge in [0.1, 0.15) is 24.2 Å². The van der Waals surface area contributed by atoms with Gasteiger partial charge in [-0.1, -0.05) is 54.6 Å². The third-order valence-electron chi connectivity index (χ3n) is 6.29. The summed E-state index contributed by atoms with van der Waals surface area (Å²) < 4.78 is 17.3. The minimum absolute atomic E-state index is 0.0444. The number of para-hydroxylation sites is 2. The molecule has 7 nitrogen and oxygen atoms in total. The van der Waals surface area contributed by atoms with Crippen LogP contribution in [0.25, 0.3) is 11.1 Å². The summed E-state index contributed by atoms with van der Waals surface area (Å²) in [6, 6.07) is 25.6. The summed E-state index contributed by atoms with van der Waals surface area (Å²) in [5.74, 6) is 1.30. The third-order valence-corrected chi connectivity index (χ3v) is 6.29. The van der Waals surface area contributed by atoms with Crippen molar-refractivity contribution in [3.8, 4) is 22.6 Å². The van der Waals surface area contributed by atoms with Gasteiger partial charge in [-0.05, 0) is 35.4 Å². The van der Waals surface area contributed by atoms with Crippen molar-refractivity contribution >= 4 is 11.6 Å². The van der Waals surface area contributed by atoms with Gasteiger partial charge < -0.3 is 29.1 Å². The first kappa shape index (κ1) is 23.2. The van der Waals surface area contributed by atoms with E-state index in [9.17, 15) is 9.90 Å². The van der Waals surface area contributed by atoms with Crippen LogP contribution < -0.4 is 14.4 Å². The quantitative estimate of drug-likeness (QED) is 0.567. The molecule has 1 N–H and O–H groups in total. The molecule has 0 saturated carbocycles. The van der Waals surface area contributed by atoms with E-state index in [2.05, 4.69) is 12.1 Å². The molecule has 2 unspecified atom stereocenters. The predicted molar refractivity (Wildman–Crippen MR) is 134 cm³/mol. The van der Waals surface area contributed by atoms with Crippen LogP contribution in [0, 0.1) is 0 Å². The van der Waals surface area contributed by atoms with Crippen LogP contribution in [0.4, 0.5) is 5.69 Å². The van der Waals surface area contributed by atoms with E-state index in [0.717, 1.165) is 16.8 Å². The summed E-state index contributed by atoms with van der Waals surface area (Å²) in [5.41, 5.74) is 3.12. The van der Waals surface area contributed by atoms with Gasteiger partial charge in [0.2, 0.25) is 0 Å². The van der Waals surface area contributed by atoms with Gasteiger partial charge in [0.25, 0.3) is 5.91 Å². The SMILES string of the molecule is O=C(C1CN(CC(O)COc2ccc(-c3ccccc3)cc2)c2ccccc2O1)N1CCOCC1. The fourth-order valence-corrected chi connectivity index (χ4v) is 4.47. The number of benzene rings is 3. The lowest BCUT2D eigenvalue weighted by Crippen LogP contribution is -2.54. The smallest absolute Gasteiger partial charge is 0.265 e. The van der Waals surface area contributed by atoms with Crippen LogP contribution >= 0.6 is 0 Å². The van der Waals surface area contributed by atoms with Crippen LogP contribution in [0.5, 0.6) is 11.5 Å². The summed E-state index contributed by atoms with van der Waals surface area (Å²) in [5, 5.41) is 10.8. The largest absolute Gasteiger partial charge is 0.491 e. The molecule has 0 radical (unpaired) electrons. The van der Waals surface area contributed by atoms with Gasteiger partial charge in [-0.3, -0.25) is 4.79 Å². The highest BCUT2D eigenvalue weighted by atomic mass is 16.5. The second kappa shape index (κ2) is 10.8. The van der Waals surface area contributed by atoms with Crippen LogP contribution in [0.3, 0.4) is 0 Å². The average molecular weight is 475 g/mol. The molecule has 1 saturated heterocycles. The Morgan fingerprint density at radius 3 is 2.40 bits per heavy atom. The Balaban J connectivity index is 1.20. The molecule has 182 valence electrons. The molecule has 3 aromatic carbocycles. The molecule has 1 fully saturated rings. The molecule has 0 aromatic heterocycles. The number of morpholine rings is 1. The Morgan fingerprint density at radius 2 is 1.63 bits per heavy atom. The lowest BCUT2D eigenvalue weighted by molar-refractivity contribution is -0.142. The van der Waals surface area contributed by atoms with Gasteiger partial charge in [0.05, 0.1) is 25.4 Å². The summed E-state index contributed by atoms with van der Waals surface area (Å²) in [6.07, 6.45) is -1.37. The van der Waals surface area contributed by atoms with Crippen LogP contribution in [0.1, 0.15) is 0 Å². The zero-order valence-corrected chi connectivity index (χ0v) is 19.6. The van der Waals surface area contributed by atoms with E-state index in [-0.39, 0.29) is 12.5 Å². The molecule has 5 rings (SSSR count). The molecule has 7 heteroatoms. The number of carbonyl (C=O) groups is 1. The zero-order chi connectivity index (χ0) is 24.0. The highest BCUT2D eigenvalue weighted by Crippen LogP contribution is 2.33. The zero-order valence-electron chi connectivity index (χ0n) is 19.6. The van der Waals surface area contributed by atoms with Gasteiger partial charge in [0, 0.05) is 19.6 Å². The normalized spacial score (nSPS) is 18.4. The molecule has 35 heavy (non-hydrogen) atoms. The van der Waals surface area contributed by atoms with Gasteiger partial charge in [0.15, 0.2) is 6.10 Å². The predicted octanol–water partition coefficient (Wildman–Crippen LogP) is 3.22. The second-order valence-electron chi connectivity index (χ2n) is 8.77. The third kappa shape index (κ3) is 5.58. The number of amides is 1. The number of anilines is 1. The Morgan fingerprint density at radius 1 is 0.943 bits per heavy atom. The van der Waals surface area contributed by atoms with E-state index in [1.807, 2.05) is 71.6 Å². The van der Waals surface area contributed by atoms with Crippen molar-refractivity contribution in [3.63, 3.8) is 0 Å². The number of nitrogens with zero attached hydrogens (tertiary/aromatic N) is 2. The monoisotopic (exact) mass is 474 g/mol. The van der Waals surface area contributed by atoms with Gasteiger partial charge in [-0.2, -0.15) is 0 Å². The van der Waals surface area contributed by atoms with Crippen molar-refractivity contribution in [1.29, 1.82) is 0 Å². The van der Waals surface area contributed by atoms with Crippen LogP contribution in [-0.2, 0) is 9.53 Å². The number of hydrogen-bond donors (Lipinski definition) is 1. The number of fused-ring (bicyclic) bond motifs is 1. The van der Waals surface area contributed by atoms with E-state index in [4.69, 9.17) is 14.2 Å². The van der Waals surface area contributed by atoms with Crippen LogP contribution in [-0.4, -0.2) is 74.1 Å². The summed E-state index contributed by atoms with van der Waals surface area (Å²) in [4.78, 5) is 16.9. The molecule has 0 aliphatic carbocycles. The Hall–Kier alpha value is -3.55. The van der Waals surface area contributed by atoms with E-state index < -0.39 is 12.2 Å². The molecule has 3 aromatic rings. The van der Waals surface area contributed by atoms with Gasteiger partial charge in [-0.15, -0.1) is 0 Å². The number of β-amino-alcohol motifs (C(OH)–C–C–N with tert-alkyl or cyclic N) is 1. The van der Waals surface area contributed by atoms with E-state index in [0.29, 0.717) is 50.9 Å². The second-order valence-corrected chi connectivity index (χ2v) is 8.77. The molecule has 0 spiro atoms.